The number of anilines is 1. The molecule has 0 unspecified atom stereocenters. The van der Waals surface area contributed by atoms with Crippen LogP contribution in [0.1, 0.15) is 5.69 Å². The topological polar surface area (TPSA) is 86.2 Å². The van der Waals surface area contributed by atoms with Gasteiger partial charge in [-0.1, -0.05) is 23.9 Å². The molecule has 0 radical (unpaired) electrons. The van der Waals surface area contributed by atoms with Crippen molar-refractivity contribution in [3.05, 3.63) is 66.4 Å². The number of benzene rings is 2. The molecule has 0 saturated heterocycles. The number of para-hydroxylation sites is 2. The van der Waals surface area contributed by atoms with Crippen molar-refractivity contribution in [2.45, 2.75) is 11.9 Å². The molecule has 33 heavy (non-hydrogen) atoms. The van der Waals surface area contributed by atoms with Crippen molar-refractivity contribution in [1.82, 2.24) is 15.2 Å². The summed E-state index contributed by atoms with van der Waals surface area (Å²) in [6, 6.07) is 18.9. The van der Waals surface area contributed by atoms with Gasteiger partial charge in [0.25, 0.3) is 0 Å². The molecule has 9 heteroatoms. The van der Waals surface area contributed by atoms with Gasteiger partial charge in [0, 0.05) is 5.56 Å². The van der Waals surface area contributed by atoms with Crippen LogP contribution < -0.4 is 14.8 Å². The molecule has 1 amide bonds. The molecule has 2 aromatic heterocycles. The lowest BCUT2D eigenvalue weighted by Gasteiger charge is -2.09. The number of hydrogen-bond acceptors (Lipinski definition) is 8. The molecule has 0 atom stereocenters. The van der Waals surface area contributed by atoms with Crippen molar-refractivity contribution >= 4 is 34.7 Å². The van der Waals surface area contributed by atoms with Crippen LogP contribution in [0.15, 0.2) is 65.7 Å². The number of aryl methyl sites for hydroxylation is 1. The second-order valence-corrected chi connectivity index (χ2v) is 8.95. The molecule has 0 spiro atoms. The third-order valence-corrected chi connectivity index (χ3v) is 6.89. The Bertz CT molecular complexity index is 1240. The number of nitrogens with zero attached hydrogens (tertiary/aromatic N) is 3. The Morgan fingerprint density at radius 2 is 1.79 bits per heavy atom. The fraction of sp³-hybridized carbons (Fsp3) is 0.167. The largest absolute Gasteiger partial charge is 0.497 e. The minimum atomic E-state index is -0.141. The summed E-state index contributed by atoms with van der Waals surface area (Å²) >= 11 is 2.90. The van der Waals surface area contributed by atoms with E-state index in [9.17, 15) is 4.79 Å². The first-order chi connectivity index (χ1) is 16.1. The van der Waals surface area contributed by atoms with Gasteiger partial charge in [0.15, 0.2) is 0 Å². The van der Waals surface area contributed by atoms with Gasteiger partial charge < -0.3 is 14.8 Å². The average Bonchev–Trinajstić information content (AvgIpc) is 3.25. The highest BCUT2D eigenvalue weighted by Gasteiger charge is 2.14. The minimum absolute atomic E-state index is 0.141. The number of nitrogens with one attached hydrogen (secondary N) is 1. The van der Waals surface area contributed by atoms with Crippen LogP contribution in [0.25, 0.3) is 21.1 Å². The zero-order chi connectivity index (χ0) is 23.2. The van der Waals surface area contributed by atoms with Crippen LogP contribution in [0.2, 0.25) is 0 Å². The number of thioether (sulfide) groups is 1. The van der Waals surface area contributed by atoms with Gasteiger partial charge >= 0.3 is 0 Å². The fourth-order valence-corrected chi connectivity index (χ4v) is 4.73. The van der Waals surface area contributed by atoms with Crippen LogP contribution >= 0.6 is 23.1 Å². The summed E-state index contributed by atoms with van der Waals surface area (Å²) in [6.45, 7) is 1.96. The number of carbonyl (C=O) groups is 1. The smallest absolute Gasteiger partial charge is 0.234 e. The van der Waals surface area contributed by atoms with Gasteiger partial charge in [0.05, 0.1) is 36.2 Å². The molecule has 4 aromatic rings. The summed E-state index contributed by atoms with van der Waals surface area (Å²) in [4.78, 5) is 18.0. The van der Waals surface area contributed by atoms with E-state index < -0.39 is 0 Å². The van der Waals surface area contributed by atoms with Crippen LogP contribution in [0.4, 0.5) is 5.69 Å². The molecule has 2 aromatic carbocycles. The highest BCUT2D eigenvalue weighted by Crippen LogP contribution is 2.35. The van der Waals surface area contributed by atoms with Gasteiger partial charge in [0.1, 0.15) is 27.2 Å². The Balaban J connectivity index is 1.40. The Hall–Kier alpha value is -3.43. The summed E-state index contributed by atoms with van der Waals surface area (Å²) in [5, 5.41) is 13.1. The summed E-state index contributed by atoms with van der Waals surface area (Å²) < 4.78 is 10.5. The van der Waals surface area contributed by atoms with E-state index in [1.165, 1.54) is 11.8 Å². The monoisotopic (exact) mass is 478 g/mol. The van der Waals surface area contributed by atoms with Crippen LogP contribution in [0.3, 0.4) is 0 Å². The maximum absolute atomic E-state index is 12.3. The number of thiazole rings is 1. The van der Waals surface area contributed by atoms with Crippen LogP contribution in [-0.4, -0.2) is 41.1 Å². The molecule has 0 aliphatic heterocycles. The zero-order valence-corrected chi connectivity index (χ0v) is 20.0. The first-order valence-corrected chi connectivity index (χ1v) is 11.9. The molecule has 7 nitrogen and oxygen atoms in total. The third-order valence-electron chi connectivity index (χ3n) is 4.74. The highest BCUT2D eigenvalue weighted by atomic mass is 32.2. The number of rotatable bonds is 8. The van der Waals surface area contributed by atoms with E-state index >= 15 is 0 Å². The van der Waals surface area contributed by atoms with E-state index in [-0.39, 0.29) is 11.7 Å². The van der Waals surface area contributed by atoms with Crippen molar-refractivity contribution in [3.63, 3.8) is 0 Å². The molecule has 0 aliphatic rings. The number of hydrogen-bond donors (Lipinski definition) is 1. The van der Waals surface area contributed by atoms with Crippen molar-refractivity contribution in [2.24, 2.45) is 0 Å². The minimum Gasteiger partial charge on any atom is -0.497 e. The molecule has 1 N–H and O–H groups in total. The average molecular weight is 479 g/mol. The second-order valence-electron chi connectivity index (χ2n) is 6.96. The normalized spacial score (nSPS) is 10.6. The molecular weight excluding hydrogens is 456 g/mol. The number of methoxy groups -OCH3 is 2. The SMILES string of the molecule is COc1ccc(-c2nc(C)c(-c3ccc(SCC(=O)Nc4ccccc4OC)nn3)s2)cc1. The molecule has 168 valence electrons. The predicted molar refractivity (Wildman–Crippen MR) is 132 cm³/mol. The van der Waals surface area contributed by atoms with E-state index in [2.05, 4.69) is 15.5 Å². The Kier molecular flexibility index (Phi) is 7.21. The number of carbonyl (C=O) groups excluding carboxylic acids is 1. The Labute approximate surface area is 200 Å². The van der Waals surface area contributed by atoms with Crippen molar-refractivity contribution < 1.29 is 14.3 Å². The lowest BCUT2D eigenvalue weighted by molar-refractivity contribution is -0.113. The van der Waals surface area contributed by atoms with Gasteiger partial charge in [-0.2, -0.15) is 0 Å². The molecule has 0 saturated carbocycles. The summed E-state index contributed by atoms with van der Waals surface area (Å²) in [7, 11) is 3.22. The maximum atomic E-state index is 12.3. The van der Waals surface area contributed by atoms with Gasteiger partial charge in [-0.05, 0) is 55.5 Å². The van der Waals surface area contributed by atoms with Crippen molar-refractivity contribution in [2.75, 3.05) is 25.3 Å². The van der Waals surface area contributed by atoms with E-state index in [1.807, 2.05) is 55.5 Å². The fourth-order valence-electron chi connectivity index (χ4n) is 3.08. The molecule has 0 bridgehead atoms. The molecule has 2 heterocycles. The van der Waals surface area contributed by atoms with Crippen LogP contribution in [0, 0.1) is 6.92 Å². The van der Waals surface area contributed by atoms with Gasteiger partial charge in [-0.3, -0.25) is 4.79 Å². The first-order valence-electron chi connectivity index (χ1n) is 10.1. The number of amides is 1. The van der Waals surface area contributed by atoms with Crippen LogP contribution in [0.5, 0.6) is 11.5 Å². The van der Waals surface area contributed by atoms with E-state index in [1.54, 1.807) is 37.7 Å². The maximum Gasteiger partial charge on any atom is 0.234 e. The Morgan fingerprint density at radius 3 is 2.48 bits per heavy atom. The lowest BCUT2D eigenvalue weighted by atomic mass is 10.2. The predicted octanol–water partition coefficient (Wildman–Crippen LogP) is 5.32. The highest BCUT2D eigenvalue weighted by molar-refractivity contribution is 7.99. The van der Waals surface area contributed by atoms with Gasteiger partial charge in [-0.15, -0.1) is 21.5 Å². The first kappa shape index (κ1) is 22.8. The number of ether oxygens (including phenoxy) is 2. The lowest BCUT2D eigenvalue weighted by Crippen LogP contribution is -2.14. The van der Waals surface area contributed by atoms with Crippen molar-refractivity contribution in [1.29, 1.82) is 0 Å². The molecule has 4 rings (SSSR count). The Morgan fingerprint density at radius 1 is 1.00 bits per heavy atom. The second kappa shape index (κ2) is 10.5. The summed E-state index contributed by atoms with van der Waals surface area (Å²) in [6.07, 6.45) is 0. The van der Waals surface area contributed by atoms with Crippen molar-refractivity contribution in [3.8, 4) is 32.6 Å². The quantitative estimate of drug-likeness (QED) is 0.343. The molecule has 0 aliphatic carbocycles. The number of aromatic nitrogens is 3. The van der Waals surface area contributed by atoms with E-state index in [0.717, 1.165) is 32.6 Å². The van der Waals surface area contributed by atoms with E-state index in [0.29, 0.717) is 16.5 Å². The third kappa shape index (κ3) is 5.50. The molecular formula is C24H22N4O3S2. The van der Waals surface area contributed by atoms with Gasteiger partial charge in [-0.25, -0.2) is 4.98 Å². The summed E-state index contributed by atoms with van der Waals surface area (Å²) in [5.74, 6) is 1.50. The molecule has 0 fully saturated rings. The van der Waals surface area contributed by atoms with E-state index in [4.69, 9.17) is 14.5 Å². The standard InChI is InChI=1S/C24H22N4O3S2/c1-15-23(33-24(25-15)16-8-10-17(30-2)11-9-16)19-12-13-22(28-27-19)32-14-21(29)26-18-6-4-5-7-20(18)31-3/h4-13H,14H2,1-3H3,(H,26,29). The zero-order valence-electron chi connectivity index (χ0n) is 18.4. The van der Waals surface area contributed by atoms with Gasteiger partial charge in [0.2, 0.25) is 5.91 Å². The van der Waals surface area contributed by atoms with Crippen LogP contribution in [-0.2, 0) is 4.79 Å². The summed E-state index contributed by atoms with van der Waals surface area (Å²) in [5.41, 5.74) is 3.32.